The second-order valence-electron chi connectivity index (χ2n) is 19.6. The Morgan fingerprint density at radius 2 is 1.47 bits per heavy atom. The molecule has 0 fully saturated rings. The molecule has 1 aliphatic rings. The van der Waals surface area contributed by atoms with Gasteiger partial charge in [-0.25, -0.2) is 0 Å². The van der Waals surface area contributed by atoms with E-state index in [2.05, 4.69) is 211 Å². The number of anilines is 1. The molecular weight excluding hydrogens is 667 g/mol. The van der Waals surface area contributed by atoms with Crippen LogP contribution < -0.4 is 15.9 Å². The van der Waals surface area contributed by atoms with Crippen molar-refractivity contribution < 1.29 is 4.42 Å². The van der Waals surface area contributed by atoms with Crippen LogP contribution in [0.5, 0.6) is 0 Å². The fourth-order valence-electron chi connectivity index (χ4n) is 7.71. The van der Waals surface area contributed by atoms with Gasteiger partial charge in [-0.15, -0.1) is 6.58 Å². The van der Waals surface area contributed by atoms with Gasteiger partial charge in [-0.1, -0.05) is 132 Å². The lowest BCUT2D eigenvalue weighted by Gasteiger charge is -2.41. The van der Waals surface area contributed by atoms with E-state index >= 15 is 0 Å². The summed E-state index contributed by atoms with van der Waals surface area (Å²) in [5.74, 6) is 3.25. The molecule has 0 bridgehead atoms. The van der Waals surface area contributed by atoms with Crippen molar-refractivity contribution in [1.82, 2.24) is 5.32 Å². The van der Waals surface area contributed by atoms with Crippen LogP contribution in [0.25, 0.3) is 22.1 Å². The highest BCUT2D eigenvalue weighted by molar-refractivity contribution is 6.57. The van der Waals surface area contributed by atoms with Crippen LogP contribution in [0.4, 0.5) is 5.69 Å². The van der Waals surface area contributed by atoms with Gasteiger partial charge in [-0.05, 0) is 130 Å². The maximum atomic E-state index is 6.53. The number of hydrogen-bond acceptors (Lipinski definition) is 3. The summed E-state index contributed by atoms with van der Waals surface area (Å²) < 4.78 is 6.53. The maximum Gasteiger partial charge on any atom is 0.233 e. The highest BCUT2D eigenvalue weighted by atomic mass is 16.3. The third-order valence-electron chi connectivity index (χ3n) is 11.9. The lowest BCUT2D eigenvalue weighted by molar-refractivity contribution is 0.332. The van der Waals surface area contributed by atoms with Gasteiger partial charge in [0.2, 0.25) is 7.28 Å². The molecule has 0 amide bonds. The largest absolute Gasteiger partial charge is 0.472 e. The smallest absolute Gasteiger partial charge is 0.233 e. The SMILES string of the molecule is C=CC(C/C=C/NC/C=C/N(/C(C)=C\[B]c1cc2cc3c(cc2o1)C(C)(C)CCC3(C)C)c1ccc(C(C)(C)C)cc1-c1ccc(C(C)(C)C)cc1)C(C)C. The second kappa shape index (κ2) is 16.5. The zero-order chi connectivity index (χ0) is 40.3. The van der Waals surface area contributed by atoms with Gasteiger partial charge in [-0.2, -0.15) is 0 Å². The molecule has 4 heteroatoms. The molecule has 1 atom stereocenters. The van der Waals surface area contributed by atoms with E-state index in [1.54, 1.807) is 0 Å². The maximum absolute atomic E-state index is 6.53. The summed E-state index contributed by atoms with van der Waals surface area (Å²) in [7, 11) is 2.12. The molecule has 55 heavy (non-hydrogen) atoms. The fourth-order valence-corrected chi connectivity index (χ4v) is 7.71. The highest BCUT2D eigenvalue weighted by Crippen LogP contribution is 2.47. The first-order valence-corrected chi connectivity index (χ1v) is 20.5. The summed E-state index contributed by atoms with van der Waals surface area (Å²) in [5, 5.41) is 4.65. The molecule has 0 saturated heterocycles. The van der Waals surface area contributed by atoms with Crippen LogP contribution in [0.1, 0.15) is 132 Å². The molecule has 0 saturated carbocycles. The van der Waals surface area contributed by atoms with E-state index in [0.29, 0.717) is 18.4 Å². The number of nitrogens with one attached hydrogen (secondary N) is 1. The van der Waals surface area contributed by atoms with Gasteiger partial charge in [0.1, 0.15) is 5.58 Å². The quantitative estimate of drug-likeness (QED) is 0.0842. The highest BCUT2D eigenvalue weighted by Gasteiger charge is 2.37. The van der Waals surface area contributed by atoms with E-state index in [1.165, 1.54) is 51.6 Å². The van der Waals surface area contributed by atoms with E-state index in [0.717, 1.165) is 29.0 Å². The molecule has 291 valence electrons. The summed E-state index contributed by atoms with van der Waals surface area (Å²) in [6, 6.07) is 23.0. The van der Waals surface area contributed by atoms with Crippen LogP contribution in [-0.2, 0) is 21.7 Å². The molecule has 0 aliphatic heterocycles. The second-order valence-corrected chi connectivity index (χ2v) is 19.6. The van der Waals surface area contributed by atoms with Crippen LogP contribution in [0.2, 0.25) is 0 Å². The zero-order valence-electron chi connectivity index (χ0n) is 36.4. The average molecular weight is 736 g/mol. The predicted molar refractivity (Wildman–Crippen MR) is 242 cm³/mol. The van der Waals surface area contributed by atoms with Crippen LogP contribution in [0.15, 0.2) is 114 Å². The van der Waals surface area contributed by atoms with Gasteiger partial charge < -0.3 is 14.6 Å². The van der Waals surface area contributed by atoms with Crippen molar-refractivity contribution in [1.29, 1.82) is 0 Å². The van der Waals surface area contributed by atoms with Gasteiger partial charge in [0, 0.05) is 29.4 Å². The minimum Gasteiger partial charge on any atom is -0.472 e. The van der Waals surface area contributed by atoms with Gasteiger partial charge >= 0.3 is 0 Å². The molecule has 1 aliphatic carbocycles. The third-order valence-corrected chi connectivity index (χ3v) is 11.9. The first kappa shape index (κ1) is 42.0. The normalized spacial score (nSPS) is 16.5. The number of hydrogen-bond donors (Lipinski definition) is 1. The Labute approximate surface area is 335 Å². The number of nitrogens with zero attached hydrogens (tertiary/aromatic N) is 1. The molecule has 1 aromatic heterocycles. The van der Waals surface area contributed by atoms with Gasteiger partial charge in [-0.3, -0.25) is 0 Å². The lowest BCUT2D eigenvalue weighted by Crippen LogP contribution is -2.33. The van der Waals surface area contributed by atoms with Crippen molar-refractivity contribution in [3.8, 4) is 11.1 Å². The van der Waals surface area contributed by atoms with E-state index in [1.807, 2.05) is 0 Å². The minimum absolute atomic E-state index is 0.0132. The van der Waals surface area contributed by atoms with E-state index in [4.69, 9.17) is 4.42 Å². The van der Waals surface area contributed by atoms with Crippen LogP contribution >= 0.6 is 0 Å². The van der Waals surface area contributed by atoms with Crippen molar-refractivity contribution in [2.75, 3.05) is 11.4 Å². The van der Waals surface area contributed by atoms with Gasteiger partial charge in [0.05, 0.1) is 11.3 Å². The van der Waals surface area contributed by atoms with Crippen molar-refractivity contribution in [3.05, 3.63) is 132 Å². The summed E-state index contributed by atoms with van der Waals surface area (Å²) in [6.07, 6.45) is 14.1. The summed E-state index contributed by atoms with van der Waals surface area (Å²) in [6.45, 7) is 34.6. The Kier molecular flexibility index (Phi) is 12.6. The topological polar surface area (TPSA) is 28.4 Å². The van der Waals surface area contributed by atoms with Crippen molar-refractivity contribution >= 4 is 29.6 Å². The Morgan fingerprint density at radius 1 is 0.855 bits per heavy atom. The Balaban J connectivity index is 1.51. The summed E-state index contributed by atoms with van der Waals surface area (Å²) >= 11 is 0. The number of fused-ring (bicyclic) bond motifs is 2. The Hall–Kier alpha value is -4.18. The summed E-state index contributed by atoms with van der Waals surface area (Å²) in [5.41, 5.74) is 12.4. The molecule has 0 spiro atoms. The molecule has 1 radical (unpaired) electrons. The Morgan fingerprint density at radius 3 is 2.07 bits per heavy atom. The molecule has 1 heterocycles. The first-order chi connectivity index (χ1) is 25.7. The monoisotopic (exact) mass is 736 g/mol. The number of furan rings is 1. The zero-order valence-corrected chi connectivity index (χ0v) is 36.4. The van der Waals surface area contributed by atoms with Crippen LogP contribution in [0, 0.1) is 11.8 Å². The van der Waals surface area contributed by atoms with Gasteiger partial charge in [0.15, 0.2) is 0 Å². The molecule has 4 aromatic rings. The molecule has 5 rings (SSSR count). The van der Waals surface area contributed by atoms with Crippen LogP contribution in [-0.4, -0.2) is 13.8 Å². The molecule has 3 nitrogen and oxygen atoms in total. The van der Waals surface area contributed by atoms with Crippen LogP contribution in [0.3, 0.4) is 0 Å². The van der Waals surface area contributed by atoms with Crippen molar-refractivity contribution in [2.24, 2.45) is 11.8 Å². The standard InChI is InChI=1S/C51H68BN2O/c1-15-37(35(2)3)18-16-27-53-28-17-29-54(45-24-23-41(49(8,9)10)32-42(45)38-19-21-40(22-20-38)48(5,6)7)36(4)34-52-47-31-39-30-43-44(33-46(39)55-47)51(13,14)26-25-50(43,11)12/h15-17,19-24,27,29-35,37,53H,1,18,25-26,28H2,2-14H3/b27-16+,29-17+,36-34-. The number of rotatable bonds is 13. The van der Waals surface area contributed by atoms with E-state index in [-0.39, 0.29) is 21.7 Å². The molecule has 3 aromatic carbocycles. The van der Waals surface area contributed by atoms with E-state index < -0.39 is 0 Å². The number of benzene rings is 3. The summed E-state index contributed by atoms with van der Waals surface area (Å²) in [4.78, 5) is 2.32. The lowest BCUT2D eigenvalue weighted by atomic mass is 9.63. The van der Waals surface area contributed by atoms with Gasteiger partial charge in [0.25, 0.3) is 0 Å². The third kappa shape index (κ3) is 9.99. The molecule has 1 unspecified atom stereocenters. The molecular formula is C51H68BN2O. The average Bonchev–Trinajstić information content (AvgIpc) is 3.53. The van der Waals surface area contributed by atoms with Crippen molar-refractivity contribution in [2.45, 2.75) is 131 Å². The number of allylic oxidation sites excluding steroid dienone is 3. The molecule has 1 N–H and O–H groups in total. The Bertz CT molecular complexity index is 1990. The van der Waals surface area contributed by atoms with Crippen molar-refractivity contribution in [3.63, 3.8) is 0 Å². The fraction of sp³-hybridized carbons (Fsp3) is 0.451. The predicted octanol–water partition coefficient (Wildman–Crippen LogP) is 13.2. The van der Waals surface area contributed by atoms with E-state index in [9.17, 15) is 0 Å². The minimum atomic E-state index is 0.0132. The first-order valence-electron chi connectivity index (χ1n) is 20.5.